The van der Waals surface area contributed by atoms with Gasteiger partial charge in [0.25, 0.3) is 0 Å². The largest absolute Gasteiger partial charge is 0.507 e. The molecule has 1 rings (SSSR count). The molecule has 1 aromatic carbocycles. The van der Waals surface area contributed by atoms with E-state index in [1.54, 1.807) is 6.92 Å². The van der Waals surface area contributed by atoms with E-state index in [0.29, 0.717) is 10.2 Å². The van der Waals surface area contributed by atoms with E-state index in [2.05, 4.69) is 20.7 Å². The van der Waals surface area contributed by atoms with Crippen molar-refractivity contribution in [3.05, 3.63) is 22.7 Å². The summed E-state index contributed by atoms with van der Waals surface area (Å²) in [6.07, 6.45) is 0. The Hall–Kier alpha value is -0.750. The Kier molecular flexibility index (Phi) is 3.38. The van der Waals surface area contributed by atoms with Crippen molar-refractivity contribution in [2.24, 2.45) is 0 Å². The zero-order valence-corrected chi connectivity index (χ0v) is 9.89. The molecule has 1 aromatic rings. The van der Waals surface area contributed by atoms with Crippen LogP contribution in [0.1, 0.15) is 6.92 Å². The second-order valence-corrected chi connectivity index (χ2v) is 5.54. The first-order chi connectivity index (χ1) is 6.44. The maximum Gasteiger partial charge on any atom is 0.232 e. The lowest BCUT2D eigenvalue weighted by molar-refractivity contribution is 0.472. The van der Waals surface area contributed by atoms with Gasteiger partial charge < -0.3 is 5.11 Å². The molecule has 0 saturated carbocycles. The topological polar surface area (TPSA) is 66.4 Å². The highest BCUT2D eigenvalue weighted by Crippen LogP contribution is 2.26. The fraction of sp³-hybridized carbons (Fsp3) is 0.250. The van der Waals surface area contributed by atoms with Crippen molar-refractivity contribution in [3.63, 3.8) is 0 Å². The van der Waals surface area contributed by atoms with Gasteiger partial charge in [-0.25, -0.2) is 8.42 Å². The van der Waals surface area contributed by atoms with E-state index in [4.69, 9.17) is 0 Å². The Labute approximate surface area is 91.1 Å². The number of halogens is 1. The molecule has 14 heavy (non-hydrogen) atoms. The van der Waals surface area contributed by atoms with Crippen molar-refractivity contribution in [1.29, 1.82) is 0 Å². The highest BCUT2D eigenvalue weighted by molar-refractivity contribution is 9.10. The lowest BCUT2D eigenvalue weighted by Crippen LogP contribution is -2.14. The number of anilines is 1. The average molecular weight is 280 g/mol. The highest BCUT2D eigenvalue weighted by Gasteiger charge is 2.07. The first-order valence-corrected chi connectivity index (χ1v) is 6.38. The lowest BCUT2D eigenvalue weighted by Gasteiger charge is -2.06. The number of hydrogen-bond donors (Lipinski definition) is 2. The molecule has 0 aromatic heterocycles. The molecule has 0 aliphatic rings. The molecule has 2 N–H and O–H groups in total. The van der Waals surface area contributed by atoms with E-state index in [1.165, 1.54) is 18.2 Å². The third-order valence-corrected chi connectivity index (χ3v) is 3.54. The van der Waals surface area contributed by atoms with E-state index in [1.807, 2.05) is 0 Å². The smallest absolute Gasteiger partial charge is 0.232 e. The predicted octanol–water partition coefficient (Wildman–Crippen LogP) is 1.92. The normalized spacial score (nSPS) is 11.3. The van der Waals surface area contributed by atoms with Crippen molar-refractivity contribution >= 4 is 31.6 Å². The standard InChI is InChI=1S/C8H10BrNO3S/c1-2-14(12,13)10-6-3-4-8(11)7(9)5-6/h3-5,10-11H,2H2,1H3. The summed E-state index contributed by atoms with van der Waals surface area (Å²) in [5, 5.41) is 9.18. The monoisotopic (exact) mass is 279 g/mol. The third-order valence-electron chi connectivity index (χ3n) is 1.60. The second kappa shape index (κ2) is 4.18. The van der Waals surface area contributed by atoms with Crippen LogP contribution in [-0.4, -0.2) is 19.3 Å². The molecule has 0 amide bonds. The summed E-state index contributed by atoms with van der Waals surface area (Å²) in [4.78, 5) is 0. The van der Waals surface area contributed by atoms with E-state index in [9.17, 15) is 13.5 Å². The molecule has 4 nitrogen and oxygen atoms in total. The van der Waals surface area contributed by atoms with Crippen LogP contribution in [0.25, 0.3) is 0 Å². The lowest BCUT2D eigenvalue weighted by atomic mass is 10.3. The molecular weight excluding hydrogens is 270 g/mol. The van der Waals surface area contributed by atoms with Crippen LogP contribution in [0.4, 0.5) is 5.69 Å². The van der Waals surface area contributed by atoms with Crippen LogP contribution in [0.5, 0.6) is 5.75 Å². The summed E-state index contributed by atoms with van der Waals surface area (Å²) in [5.74, 6) is 0.0929. The minimum Gasteiger partial charge on any atom is -0.507 e. The van der Waals surface area contributed by atoms with E-state index >= 15 is 0 Å². The van der Waals surface area contributed by atoms with Gasteiger partial charge in [-0.1, -0.05) is 0 Å². The molecule has 0 heterocycles. The summed E-state index contributed by atoms with van der Waals surface area (Å²) in [7, 11) is -3.25. The maximum absolute atomic E-state index is 11.2. The van der Waals surface area contributed by atoms with Crippen molar-refractivity contribution in [2.75, 3.05) is 10.5 Å². The van der Waals surface area contributed by atoms with Crippen molar-refractivity contribution in [3.8, 4) is 5.75 Å². The molecule has 0 unspecified atom stereocenters. The first kappa shape index (κ1) is 11.3. The Bertz CT molecular complexity index is 430. The van der Waals surface area contributed by atoms with Gasteiger partial charge in [0.1, 0.15) is 5.75 Å². The highest BCUT2D eigenvalue weighted by atomic mass is 79.9. The van der Waals surface area contributed by atoms with Crippen LogP contribution in [0.15, 0.2) is 22.7 Å². The number of sulfonamides is 1. The van der Waals surface area contributed by atoms with Crippen molar-refractivity contribution < 1.29 is 13.5 Å². The maximum atomic E-state index is 11.2. The molecule has 0 atom stereocenters. The van der Waals surface area contributed by atoms with Crippen LogP contribution >= 0.6 is 15.9 Å². The SMILES string of the molecule is CCS(=O)(=O)Nc1ccc(O)c(Br)c1. The van der Waals surface area contributed by atoms with E-state index in [0.717, 1.165) is 0 Å². The van der Waals surface area contributed by atoms with Gasteiger partial charge in [0.2, 0.25) is 10.0 Å². The molecule has 0 aliphatic carbocycles. The van der Waals surface area contributed by atoms with Gasteiger partial charge in [-0.15, -0.1) is 0 Å². The Morgan fingerprint density at radius 3 is 2.64 bits per heavy atom. The summed E-state index contributed by atoms with van der Waals surface area (Å²) in [6, 6.07) is 4.41. The molecule has 78 valence electrons. The van der Waals surface area contributed by atoms with Gasteiger partial charge in [-0.05, 0) is 41.1 Å². The Balaban J connectivity index is 2.94. The first-order valence-electron chi connectivity index (χ1n) is 3.93. The minimum absolute atomic E-state index is 0.0193. The fourth-order valence-electron chi connectivity index (χ4n) is 0.822. The third kappa shape index (κ3) is 2.88. The van der Waals surface area contributed by atoms with Crippen LogP contribution < -0.4 is 4.72 Å². The van der Waals surface area contributed by atoms with Crippen LogP contribution in [0, 0.1) is 0 Å². The number of nitrogens with one attached hydrogen (secondary N) is 1. The number of aromatic hydroxyl groups is 1. The van der Waals surface area contributed by atoms with Crippen molar-refractivity contribution in [2.45, 2.75) is 6.92 Å². The fourth-order valence-corrected chi connectivity index (χ4v) is 1.83. The van der Waals surface area contributed by atoms with Crippen LogP contribution in [-0.2, 0) is 10.0 Å². The summed E-state index contributed by atoms with van der Waals surface area (Å²) < 4.78 is 25.2. The van der Waals surface area contributed by atoms with E-state index in [-0.39, 0.29) is 11.5 Å². The molecule has 0 spiro atoms. The van der Waals surface area contributed by atoms with Gasteiger partial charge in [0, 0.05) is 5.69 Å². The Morgan fingerprint density at radius 2 is 2.14 bits per heavy atom. The summed E-state index contributed by atoms with van der Waals surface area (Å²) in [6.45, 7) is 1.55. The van der Waals surface area contributed by atoms with Crippen LogP contribution in [0.3, 0.4) is 0 Å². The molecular formula is C8H10BrNO3S. The Morgan fingerprint density at radius 1 is 1.50 bits per heavy atom. The number of hydrogen-bond acceptors (Lipinski definition) is 3. The number of phenolic OH excluding ortho intramolecular Hbond substituents is 1. The van der Waals surface area contributed by atoms with Gasteiger partial charge in [-0.2, -0.15) is 0 Å². The second-order valence-electron chi connectivity index (χ2n) is 2.67. The minimum atomic E-state index is -3.25. The van der Waals surface area contributed by atoms with Crippen LogP contribution in [0.2, 0.25) is 0 Å². The van der Waals surface area contributed by atoms with Gasteiger partial charge >= 0.3 is 0 Å². The molecule has 0 aliphatic heterocycles. The van der Waals surface area contributed by atoms with Gasteiger partial charge in [-0.3, -0.25) is 4.72 Å². The molecule has 0 bridgehead atoms. The van der Waals surface area contributed by atoms with Gasteiger partial charge in [0.15, 0.2) is 0 Å². The summed E-state index contributed by atoms with van der Waals surface area (Å²) in [5.41, 5.74) is 0.427. The van der Waals surface area contributed by atoms with E-state index < -0.39 is 10.0 Å². The zero-order valence-electron chi connectivity index (χ0n) is 7.49. The summed E-state index contributed by atoms with van der Waals surface area (Å²) >= 11 is 3.09. The predicted molar refractivity (Wildman–Crippen MR) is 58.9 cm³/mol. The number of rotatable bonds is 3. The molecule has 0 saturated heterocycles. The zero-order chi connectivity index (χ0) is 10.8. The number of benzene rings is 1. The van der Waals surface area contributed by atoms with Crippen molar-refractivity contribution in [1.82, 2.24) is 0 Å². The average Bonchev–Trinajstić information content (AvgIpc) is 2.11. The molecule has 6 heteroatoms. The van der Waals surface area contributed by atoms with Gasteiger partial charge in [0.05, 0.1) is 10.2 Å². The number of phenols is 1. The quantitative estimate of drug-likeness (QED) is 0.831. The molecule has 0 radical (unpaired) electrons. The molecule has 0 fully saturated rings.